The maximum absolute atomic E-state index is 13.6. The number of methoxy groups -OCH3 is 2. The number of para-hydroxylation sites is 2. The molecule has 6 nitrogen and oxygen atoms in total. The van der Waals surface area contributed by atoms with Gasteiger partial charge in [-0.1, -0.05) is 12.1 Å². The summed E-state index contributed by atoms with van der Waals surface area (Å²) in [6.45, 7) is -0.898. The second-order valence-electron chi connectivity index (χ2n) is 4.87. The van der Waals surface area contributed by atoms with Crippen LogP contribution in [0.15, 0.2) is 42.5 Å². The molecule has 0 aromatic heterocycles. The summed E-state index contributed by atoms with van der Waals surface area (Å²) in [5.74, 6) is -1.05. The number of hydrogen-bond acceptors (Lipinski definition) is 6. The summed E-state index contributed by atoms with van der Waals surface area (Å²) in [7, 11) is 2.80. The van der Waals surface area contributed by atoms with E-state index in [2.05, 4.69) is 0 Å². The van der Waals surface area contributed by atoms with Crippen LogP contribution in [-0.4, -0.2) is 39.2 Å². The van der Waals surface area contributed by atoms with Gasteiger partial charge in [0, 0.05) is 5.56 Å². The quantitative estimate of drug-likeness (QED) is 0.539. The second kappa shape index (κ2) is 8.68. The molecule has 0 heterocycles. The van der Waals surface area contributed by atoms with Crippen molar-refractivity contribution in [2.24, 2.45) is 0 Å². The Hall–Kier alpha value is -3.09. The topological polar surface area (TPSA) is 71.1 Å². The van der Waals surface area contributed by atoms with E-state index in [1.54, 1.807) is 24.3 Å². The van der Waals surface area contributed by atoms with Crippen LogP contribution in [0.2, 0.25) is 0 Å². The number of carbonyl (C=O) groups is 2. The van der Waals surface area contributed by atoms with Gasteiger partial charge in [0.15, 0.2) is 42.1 Å². The number of ether oxygens (including phenoxy) is 4. The maximum Gasteiger partial charge on any atom is 0.344 e. The zero-order chi connectivity index (χ0) is 18.2. The summed E-state index contributed by atoms with van der Waals surface area (Å²) in [6.07, 6.45) is 0. The van der Waals surface area contributed by atoms with Gasteiger partial charge in [0.2, 0.25) is 0 Å². The van der Waals surface area contributed by atoms with Crippen LogP contribution >= 0.6 is 0 Å². The molecule has 2 rings (SSSR count). The first-order chi connectivity index (χ1) is 12.0. The van der Waals surface area contributed by atoms with E-state index in [0.29, 0.717) is 11.5 Å². The molecule has 0 radical (unpaired) electrons. The van der Waals surface area contributed by atoms with Gasteiger partial charge in [0.05, 0.1) is 14.2 Å². The predicted octanol–water partition coefficient (Wildman–Crippen LogP) is 2.65. The Morgan fingerprint density at radius 3 is 2.24 bits per heavy atom. The van der Waals surface area contributed by atoms with Gasteiger partial charge >= 0.3 is 5.97 Å². The Morgan fingerprint density at radius 2 is 1.60 bits per heavy atom. The summed E-state index contributed by atoms with van der Waals surface area (Å²) < 4.78 is 33.6. The third kappa shape index (κ3) is 4.94. The Morgan fingerprint density at radius 1 is 0.920 bits per heavy atom. The van der Waals surface area contributed by atoms with Crippen molar-refractivity contribution in [3.05, 3.63) is 53.8 Å². The number of benzene rings is 2. The molecule has 0 saturated carbocycles. The minimum atomic E-state index is -0.728. The Kier molecular flexibility index (Phi) is 6.33. The van der Waals surface area contributed by atoms with Crippen molar-refractivity contribution in [2.45, 2.75) is 0 Å². The zero-order valence-corrected chi connectivity index (χ0v) is 13.8. The van der Waals surface area contributed by atoms with Crippen LogP contribution in [0.3, 0.4) is 0 Å². The molecule has 0 fully saturated rings. The van der Waals surface area contributed by atoms with E-state index in [1.165, 1.54) is 26.4 Å². The fourth-order valence-corrected chi connectivity index (χ4v) is 1.99. The minimum absolute atomic E-state index is 0.0266. The van der Waals surface area contributed by atoms with Crippen molar-refractivity contribution in [3.8, 4) is 17.2 Å². The second-order valence-corrected chi connectivity index (χ2v) is 4.87. The van der Waals surface area contributed by atoms with Gasteiger partial charge < -0.3 is 18.9 Å². The van der Waals surface area contributed by atoms with E-state index in [0.717, 1.165) is 6.07 Å². The highest BCUT2D eigenvalue weighted by molar-refractivity contribution is 5.98. The van der Waals surface area contributed by atoms with Gasteiger partial charge in [-0.25, -0.2) is 9.18 Å². The van der Waals surface area contributed by atoms with E-state index in [1.807, 2.05) is 0 Å². The fourth-order valence-electron chi connectivity index (χ4n) is 1.99. The van der Waals surface area contributed by atoms with Gasteiger partial charge in [-0.05, 0) is 30.3 Å². The van der Waals surface area contributed by atoms with Gasteiger partial charge in [-0.3, -0.25) is 4.79 Å². The highest BCUT2D eigenvalue weighted by Gasteiger charge is 2.14. The van der Waals surface area contributed by atoms with Gasteiger partial charge in [-0.2, -0.15) is 0 Å². The average Bonchev–Trinajstić information content (AvgIpc) is 2.64. The lowest BCUT2D eigenvalue weighted by molar-refractivity contribution is -0.144. The van der Waals surface area contributed by atoms with Gasteiger partial charge in [0.25, 0.3) is 0 Å². The van der Waals surface area contributed by atoms with Crippen molar-refractivity contribution < 1.29 is 32.9 Å². The largest absolute Gasteiger partial charge is 0.494 e. The van der Waals surface area contributed by atoms with E-state index >= 15 is 0 Å². The summed E-state index contributed by atoms with van der Waals surface area (Å²) in [4.78, 5) is 23.6. The highest BCUT2D eigenvalue weighted by atomic mass is 19.1. The van der Waals surface area contributed by atoms with Crippen molar-refractivity contribution in [1.29, 1.82) is 0 Å². The molecule has 2 aromatic carbocycles. The van der Waals surface area contributed by atoms with Gasteiger partial charge in [0.1, 0.15) is 0 Å². The lowest BCUT2D eigenvalue weighted by atomic mass is 10.1. The molecule has 0 unspecified atom stereocenters. The monoisotopic (exact) mass is 348 g/mol. The van der Waals surface area contributed by atoms with E-state index in [4.69, 9.17) is 18.9 Å². The van der Waals surface area contributed by atoms with Crippen LogP contribution in [0, 0.1) is 5.82 Å². The van der Waals surface area contributed by atoms with Crippen molar-refractivity contribution in [2.75, 3.05) is 27.4 Å². The number of esters is 1. The fraction of sp³-hybridized carbons (Fsp3) is 0.222. The molecular weight excluding hydrogens is 331 g/mol. The molecule has 25 heavy (non-hydrogen) atoms. The molecule has 0 bridgehead atoms. The van der Waals surface area contributed by atoms with Crippen LogP contribution in [0.1, 0.15) is 10.4 Å². The van der Waals surface area contributed by atoms with Crippen molar-refractivity contribution in [3.63, 3.8) is 0 Å². The molecule has 7 heteroatoms. The first-order valence-electron chi connectivity index (χ1n) is 7.33. The Balaban J connectivity index is 1.85. The summed E-state index contributed by atoms with van der Waals surface area (Å²) in [5, 5.41) is 0. The molecule has 0 aliphatic carbocycles. The van der Waals surface area contributed by atoms with Crippen LogP contribution in [0.4, 0.5) is 4.39 Å². The van der Waals surface area contributed by atoms with E-state index in [9.17, 15) is 14.0 Å². The lowest BCUT2D eigenvalue weighted by Crippen LogP contribution is -2.19. The van der Waals surface area contributed by atoms with Crippen LogP contribution in [-0.2, 0) is 9.53 Å². The maximum atomic E-state index is 13.6. The van der Waals surface area contributed by atoms with Crippen LogP contribution < -0.4 is 14.2 Å². The highest BCUT2D eigenvalue weighted by Crippen LogP contribution is 2.25. The molecule has 0 spiro atoms. The number of ketones is 1. The third-order valence-corrected chi connectivity index (χ3v) is 3.25. The van der Waals surface area contributed by atoms with Crippen molar-refractivity contribution in [1.82, 2.24) is 0 Å². The standard InChI is InChI=1S/C18H17FO6/c1-22-15-8-7-12(9-13(15)19)14(20)10-25-18(21)11-24-17-6-4-3-5-16(17)23-2/h3-9H,10-11H2,1-2H3. The first kappa shape index (κ1) is 18.3. The molecule has 0 atom stereocenters. The lowest BCUT2D eigenvalue weighted by Gasteiger charge is -2.10. The molecule has 0 aliphatic heterocycles. The normalized spacial score (nSPS) is 10.0. The summed E-state index contributed by atoms with van der Waals surface area (Å²) in [5.41, 5.74) is 0.0803. The first-order valence-corrected chi connectivity index (χ1v) is 7.33. The smallest absolute Gasteiger partial charge is 0.344 e. The number of carbonyl (C=O) groups excluding carboxylic acids is 2. The van der Waals surface area contributed by atoms with Gasteiger partial charge in [-0.15, -0.1) is 0 Å². The molecule has 0 N–H and O–H groups in total. The average molecular weight is 348 g/mol. The molecule has 132 valence electrons. The Bertz CT molecular complexity index is 759. The molecular formula is C18H17FO6. The number of hydrogen-bond donors (Lipinski definition) is 0. The Labute approximate surface area is 144 Å². The van der Waals surface area contributed by atoms with Crippen LogP contribution in [0.25, 0.3) is 0 Å². The molecule has 2 aromatic rings. The van der Waals surface area contributed by atoms with E-state index in [-0.39, 0.29) is 17.9 Å². The molecule has 0 aliphatic rings. The number of halogens is 1. The molecule has 0 saturated heterocycles. The van der Waals surface area contributed by atoms with Crippen LogP contribution in [0.5, 0.6) is 17.2 Å². The molecule has 0 amide bonds. The zero-order valence-electron chi connectivity index (χ0n) is 13.8. The SMILES string of the molecule is COc1ccc(C(=O)COC(=O)COc2ccccc2OC)cc1F. The minimum Gasteiger partial charge on any atom is -0.494 e. The number of rotatable bonds is 8. The van der Waals surface area contributed by atoms with E-state index < -0.39 is 24.2 Å². The van der Waals surface area contributed by atoms with Crippen molar-refractivity contribution >= 4 is 11.8 Å². The third-order valence-electron chi connectivity index (χ3n) is 3.25. The number of Topliss-reactive ketones (excluding diaryl/α,β-unsaturated/α-hetero) is 1. The summed E-state index contributed by atoms with van der Waals surface area (Å²) in [6, 6.07) is 10.6. The summed E-state index contributed by atoms with van der Waals surface area (Å²) >= 11 is 0. The predicted molar refractivity (Wildman–Crippen MR) is 86.7 cm³/mol.